The quantitative estimate of drug-likeness (QED) is 0.746. The van der Waals surface area contributed by atoms with Gasteiger partial charge in [-0.05, 0) is 37.7 Å². The predicted molar refractivity (Wildman–Crippen MR) is 67.2 cm³/mol. The molecule has 0 atom stereocenters. The maximum atomic E-state index is 12.8. The number of hydrogen-bond acceptors (Lipinski definition) is 1. The van der Waals surface area contributed by atoms with Gasteiger partial charge < -0.3 is 17.7 Å². The Hall–Kier alpha value is 0.511. The van der Waals surface area contributed by atoms with Gasteiger partial charge in [-0.25, -0.2) is 0 Å². The van der Waals surface area contributed by atoms with Crippen molar-refractivity contribution in [3.63, 3.8) is 0 Å². The number of hydrogen-bond donors (Lipinski definition) is 0. The van der Waals surface area contributed by atoms with Crippen LogP contribution >= 0.6 is 0 Å². The minimum Gasteiger partial charge on any atom is -0.493 e. The number of rotatable bonds is 3. The Morgan fingerprint density at radius 3 is 2.21 bits per heavy atom. The standard InChI is InChI=1S/C13H17BF3O.K/c1-10-6-8-11(9-7-10)18-13-5-3-2-4-12(13)14(15,16)17;/h2-5,10-11H,6-9H2,1H3;/q-1;+1. The van der Waals surface area contributed by atoms with E-state index < -0.39 is 12.4 Å². The normalized spacial score (nSPS) is 23.6. The second kappa shape index (κ2) is 7.50. The van der Waals surface area contributed by atoms with Crippen molar-refractivity contribution >= 4 is 12.4 Å². The summed E-state index contributed by atoms with van der Waals surface area (Å²) in [4.78, 5) is 0. The summed E-state index contributed by atoms with van der Waals surface area (Å²) in [5.74, 6) is 0.650. The number of para-hydroxylation sites is 1. The fraction of sp³-hybridized carbons (Fsp3) is 0.538. The van der Waals surface area contributed by atoms with E-state index in [1.807, 2.05) is 0 Å². The van der Waals surface area contributed by atoms with Gasteiger partial charge in [0.2, 0.25) is 0 Å². The molecule has 6 heteroatoms. The van der Waals surface area contributed by atoms with Gasteiger partial charge >= 0.3 is 58.4 Å². The molecule has 1 aliphatic carbocycles. The monoisotopic (exact) mass is 296 g/mol. The van der Waals surface area contributed by atoms with E-state index in [9.17, 15) is 12.9 Å². The van der Waals surface area contributed by atoms with Gasteiger partial charge in [0.05, 0.1) is 11.9 Å². The first-order valence-electron chi connectivity index (χ1n) is 6.42. The van der Waals surface area contributed by atoms with Gasteiger partial charge in [-0.3, -0.25) is 0 Å². The second-order valence-electron chi connectivity index (χ2n) is 5.11. The molecule has 0 aliphatic heterocycles. The largest absolute Gasteiger partial charge is 1.00 e. The summed E-state index contributed by atoms with van der Waals surface area (Å²) < 4.78 is 44.1. The van der Waals surface area contributed by atoms with Crippen LogP contribution in [0, 0.1) is 5.92 Å². The maximum absolute atomic E-state index is 12.8. The summed E-state index contributed by atoms with van der Waals surface area (Å²) in [6.07, 6.45) is 3.69. The molecule has 1 saturated carbocycles. The Bertz CT molecular complexity index is 403. The molecule has 0 radical (unpaired) electrons. The zero-order valence-corrected chi connectivity index (χ0v) is 14.5. The van der Waals surface area contributed by atoms with E-state index >= 15 is 0 Å². The van der Waals surface area contributed by atoms with Crippen LogP contribution in [-0.4, -0.2) is 13.1 Å². The van der Waals surface area contributed by atoms with Gasteiger partial charge in [0.25, 0.3) is 0 Å². The number of halogens is 3. The Kier molecular flexibility index (Phi) is 6.93. The smallest absolute Gasteiger partial charge is 0.493 e. The first kappa shape index (κ1) is 17.6. The molecule has 100 valence electrons. The third-order valence-corrected chi connectivity index (χ3v) is 3.53. The average molecular weight is 296 g/mol. The van der Waals surface area contributed by atoms with E-state index in [0.29, 0.717) is 5.92 Å². The zero-order valence-electron chi connectivity index (χ0n) is 11.4. The minimum atomic E-state index is -5.00. The van der Waals surface area contributed by atoms with Crippen molar-refractivity contribution in [1.29, 1.82) is 0 Å². The van der Waals surface area contributed by atoms with Gasteiger partial charge in [0, 0.05) is 0 Å². The van der Waals surface area contributed by atoms with Gasteiger partial charge in [-0.1, -0.05) is 30.6 Å². The molecule has 2 rings (SSSR count). The van der Waals surface area contributed by atoms with Crippen LogP contribution < -0.4 is 61.6 Å². The molecule has 0 aromatic heterocycles. The van der Waals surface area contributed by atoms with Crippen LogP contribution in [0.25, 0.3) is 0 Å². The molecule has 1 nitrogen and oxygen atoms in total. The van der Waals surface area contributed by atoms with Crippen LogP contribution in [0.1, 0.15) is 32.6 Å². The van der Waals surface area contributed by atoms with Crippen molar-refractivity contribution in [1.82, 2.24) is 0 Å². The average Bonchev–Trinajstić information content (AvgIpc) is 2.31. The summed E-state index contributed by atoms with van der Waals surface area (Å²) >= 11 is 0. The summed E-state index contributed by atoms with van der Waals surface area (Å²) in [6.45, 7) is -2.83. The van der Waals surface area contributed by atoms with Crippen LogP contribution in [0.4, 0.5) is 12.9 Å². The van der Waals surface area contributed by atoms with Crippen molar-refractivity contribution in [2.24, 2.45) is 5.92 Å². The fourth-order valence-electron chi connectivity index (χ4n) is 2.39. The van der Waals surface area contributed by atoms with Crippen molar-refractivity contribution < 1.29 is 69.1 Å². The third kappa shape index (κ3) is 5.08. The molecular formula is C13H17BF3KO. The van der Waals surface area contributed by atoms with Crippen molar-refractivity contribution in [2.45, 2.75) is 38.7 Å². The molecule has 19 heavy (non-hydrogen) atoms. The van der Waals surface area contributed by atoms with E-state index in [2.05, 4.69) is 6.92 Å². The number of benzene rings is 1. The van der Waals surface area contributed by atoms with Crippen molar-refractivity contribution in [2.75, 3.05) is 0 Å². The fourth-order valence-corrected chi connectivity index (χ4v) is 2.39. The van der Waals surface area contributed by atoms with Crippen LogP contribution in [-0.2, 0) is 0 Å². The Balaban J connectivity index is 0.00000180. The van der Waals surface area contributed by atoms with E-state index in [1.165, 1.54) is 12.1 Å². The van der Waals surface area contributed by atoms with Gasteiger partial charge in [-0.2, -0.15) is 0 Å². The van der Waals surface area contributed by atoms with Crippen LogP contribution in [0.15, 0.2) is 24.3 Å². The topological polar surface area (TPSA) is 9.23 Å². The van der Waals surface area contributed by atoms with E-state index in [-0.39, 0.29) is 63.2 Å². The van der Waals surface area contributed by atoms with Gasteiger partial charge in [0.15, 0.2) is 0 Å². The summed E-state index contributed by atoms with van der Waals surface area (Å²) in [5, 5.41) is 0. The number of ether oxygens (including phenoxy) is 1. The first-order valence-corrected chi connectivity index (χ1v) is 6.42. The molecule has 1 aromatic carbocycles. The van der Waals surface area contributed by atoms with Crippen LogP contribution in [0.5, 0.6) is 5.75 Å². The second-order valence-corrected chi connectivity index (χ2v) is 5.11. The molecule has 0 N–H and O–H groups in total. The molecule has 0 heterocycles. The zero-order chi connectivity index (χ0) is 13.2. The van der Waals surface area contributed by atoms with Gasteiger partial charge in [-0.15, -0.1) is 0 Å². The molecular weight excluding hydrogens is 279 g/mol. The Labute approximate surface area is 154 Å². The Morgan fingerprint density at radius 2 is 1.63 bits per heavy atom. The van der Waals surface area contributed by atoms with Crippen molar-refractivity contribution in [3.05, 3.63) is 24.3 Å². The molecule has 0 unspecified atom stereocenters. The van der Waals surface area contributed by atoms with E-state index in [1.54, 1.807) is 6.07 Å². The molecule has 0 saturated heterocycles. The first-order chi connectivity index (χ1) is 8.47. The van der Waals surface area contributed by atoms with Crippen LogP contribution in [0.2, 0.25) is 0 Å². The maximum Gasteiger partial charge on any atom is 1.00 e. The molecule has 1 aliphatic rings. The van der Waals surface area contributed by atoms with Crippen molar-refractivity contribution in [3.8, 4) is 5.75 Å². The SMILES string of the molecule is CC1CCC(Oc2ccccc2[B-](F)(F)F)CC1.[K+]. The summed E-state index contributed by atoms with van der Waals surface area (Å²) in [6, 6.07) is 5.51. The molecule has 1 aromatic rings. The van der Waals surface area contributed by atoms with E-state index in [0.717, 1.165) is 31.7 Å². The summed E-state index contributed by atoms with van der Waals surface area (Å²) in [5.41, 5.74) is -0.615. The Morgan fingerprint density at radius 1 is 1.05 bits per heavy atom. The van der Waals surface area contributed by atoms with Gasteiger partial charge in [0.1, 0.15) is 0 Å². The molecule has 0 bridgehead atoms. The summed E-state index contributed by atoms with van der Waals surface area (Å²) in [7, 11) is 0. The molecule has 1 fully saturated rings. The van der Waals surface area contributed by atoms with Crippen LogP contribution in [0.3, 0.4) is 0 Å². The predicted octanol–water partition coefficient (Wildman–Crippen LogP) is 0.702. The molecule has 0 spiro atoms. The molecule has 0 amide bonds. The van der Waals surface area contributed by atoms with E-state index in [4.69, 9.17) is 4.74 Å². The minimum absolute atomic E-state index is 0. The third-order valence-electron chi connectivity index (χ3n) is 3.53.